The number of carbonyl (C=O) groups is 2. The Morgan fingerprint density at radius 1 is 1.19 bits per heavy atom. The highest BCUT2D eigenvalue weighted by atomic mass is 16.5. The second-order valence-electron chi connectivity index (χ2n) is 9.24. The van der Waals surface area contributed by atoms with Gasteiger partial charge in [-0.15, -0.1) is 0 Å². The van der Waals surface area contributed by atoms with E-state index < -0.39 is 0 Å². The van der Waals surface area contributed by atoms with Crippen molar-refractivity contribution >= 4 is 17.5 Å². The van der Waals surface area contributed by atoms with E-state index >= 15 is 0 Å². The van der Waals surface area contributed by atoms with E-state index in [0.717, 1.165) is 44.2 Å². The van der Waals surface area contributed by atoms with Crippen LogP contribution in [0, 0.1) is 28.6 Å². The molecule has 0 saturated heterocycles. The van der Waals surface area contributed by atoms with Gasteiger partial charge in [-0.25, -0.2) is 0 Å². The van der Waals surface area contributed by atoms with Crippen molar-refractivity contribution in [2.24, 2.45) is 33.7 Å². The molecule has 26 heavy (non-hydrogen) atoms. The number of hydrogen-bond acceptors (Lipinski definition) is 5. The predicted molar refractivity (Wildman–Crippen MR) is 96.9 cm³/mol. The van der Waals surface area contributed by atoms with Crippen LogP contribution in [0.2, 0.25) is 0 Å². The first-order chi connectivity index (χ1) is 12.3. The molecule has 4 aliphatic rings. The lowest BCUT2D eigenvalue weighted by molar-refractivity contribution is -0.148. The molecule has 3 fully saturated rings. The van der Waals surface area contributed by atoms with Crippen molar-refractivity contribution < 1.29 is 19.5 Å². The topological polar surface area (TPSA) is 76.0 Å². The molecule has 0 aliphatic heterocycles. The Hall–Kier alpha value is -1.65. The summed E-state index contributed by atoms with van der Waals surface area (Å²) in [5.41, 5.74) is 1.95. The first-order valence-corrected chi connectivity index (χ1v) is 9.93. The SMILES string of the molecule is CC(=O)O[C@H]1CC[C@@]2(C)C(=CC(=O)[C@@H]3[C@@H]2CC[C@]2(C)C(=NO)CC[C@@H]32)C1. The average Bonchev–Trinajstić information content (AvgIpc) is 2.92. The van der Waals surface area contributed by atoms with E-state index in [-0.39, 0.29) is 40.5 Å². The fourth-order valence-electron chi connectivity index (χ4n) is 6.66. The molecular formula is C21H29NO4. The highest BCUT2D eigenvalue weighted by Gasteiger charge is 2.60. The first-order valence-electron chi connectivity index (χ1n) is 9.93. The summed E-state index contributed by atoms with van der Waals surface area (Å²) < 4.78 is 5.44. The number of hydrogen-bond donors (Lipinski definition) is 1. The Bertz CT molecular complexity index is 711. The van der Waals surface area contributed by atoms with E-state index in [9.17, 15) is 14.8 Å². The maximum Gasteiger partial charge on any atom is 0.302 e. The van der Waals surface area contributed by atoms with E-state index in [1.54, 1.807) is 0 Å². The first kappa shape index (κ1) is 17.7. The van der Waals surface area contributed by atoms with Gasteiger partial charge in [-0.2, -0.15) is 0 Å². The number of nitrogens with zero attached hydrogens (tertiary/aromatic N) is 1. The van der Waals surface area contributed by atoms with Crippen molar-refractivity contribution in [2.75, 3.05) is 0 Å². The fourth-order valence-corrected chi connectivity index (χ4v) is 6.66. The van der Waals surface area contributed by atoms with Crippen molar-refractivity contribution in [3.63, 3.8) is 0 Å². The largest absolute Gasteiger partial charge is 0.462 e. The van der Waals surface area contributed by atoms with Gasteiger partial charge < -0.3 is 9.94 Å². The van der Waals surface area contributed by atoms with Crippen LogP contribution in [0.15, 0.2) is 16.8 Å². The maximum absolute atomic E-state index is 13.1. The summed E-state index contributed by atoms with van der Waals surface area (Å²) in [6.07, 6.45) is 8.04. The van der Waals surface area contributed by atoms with Crippen LogP contribution in [0.25, 0.3) is 0 Å². The van der Waals surface area contributed by atoms with E-state index in [4.69, 9.17) is 4.74 Å². The van der Waals surface area contributed by atoms with Crippen LogP contribution in [-0.4, -0.2) is 28.8 Å². The zero-order chi connectivity index (χ0) is 18.7. The van der Waals surface area contributed by atoms with Crippen molar-refractivity contribution in [1.29, 1.82) is 0 Å². The molecule has 0 radical (unpaired) electrons. The van der Waals surface area contributed by atoms with E-state index in [0.29, 0.717) is 12.3 Å². The lowest BCUT2D eigenvalue weighted by atomic mass is 9.47. The highest BCUT2D eigenvalue weighted by Crippen LogP contribution is 2.63. The summed E-state index contributed by atoms with van der Waals surface area (Å²) in [6.45, 7) is 5.95. The van der Waals surface area contributed by atoms with Gasteiger partial charge in [0.05, 0.1) is 5.71 Å². The second kappa shape index (κ2) is 5.93. The number of ether oxygens (including phenoxy) is 1. The van der Waals surface area contributed by atoms with Crippen LogP contribution < -0.4 is 0 Å². The summed E-state index contributed by atoms with van der Waals surface area (Å²) in [5, 5.41) is 13.0. The van der Waals surface area contributed by atoms with Crippen molar-refractivity contribution in [3.05, 3.63) is 11.6 Å². The van der Waals surface area contributed by atoms with Crippen molar-refractivity contribution in [2.45, 2.75) is 71.8 Å². The van der Waals surface area contributed by atoms with E-state index in [1.165, 1.54) is 12.5 Å². The quantitative estimate of drug-likeness (QED) is 0.438. The van der Waals surface area contributed by atoms with Crippen LogP contribution in [0.4, 0.5) is 0 Å². The Balaban J connectivity index is 1.66. The number of esters is 1. The molecule has 0 spiro atoms. The lowest BCUT2D eigenvalue weighted by Gasteiger charge is -2.56. The molecule has 0 aromatic heterocycles. The van der Waals surface area contributed by atoms with Crippen LogP contribution in [0.1, 0.15) is 65.7 Å². The number of oxime groups is 1. The number of carbonyl (C=O) groups excluding carboxylic acids is 2. The molecule has 5 heteroatoms. The van der Waals surface area contributed by atoms with Crippen LogP contribution in [0.3, 0.4) is 0 Å². The average molecular weight is 359 g/mol. The third-order valence-corrected chi connectivity index (χ3v) is 8.09. The Morgan fingerprint density at radius 2 is 1.88 bits per heavy atom. The molecule has 1 N–H and O–H groups in total. The van der Waals surface area contributed by atoms with E-state index in [2.05, 4.69) is 19.0 Å². The van der Waals surface area contributed by atoms with Crippen LogP contribution in [0.5, 0.6) is 0 Å². The van der Waals surface area contributed by atoms with Crippen molar-refractivity contribution in [3.8, 4) is 0 Å². The molecular weight excluding hydrogens is 330 g/mol. The summed E-state index contributed by atoms with van der Waals surface area (Å²) >= 11 is 0. The standard InChI is InChI=1S/C21H29NO4/c1-12(23)26-14-6-8-20(2)13(10-14)11-17(24)19-15-4-5-18(22-25)21(15,3)9-7-16(19)20/h11,14-16,19,25H,4-10H2,1-3H3/t14-,15-,16-,19-,20-,21-/m0/s1. The van der Waals surface area contributed by atoms with Gasteiger partial charge in [0.15, 0.2) is 5.78 Å². The van der Waals surface area contributed by atoms with Gasteiger partial charge in [-0.05, 0) is 61.9 Å². The minimum Gasteiger partial charge on any atom is -0.462 e. The summed E-state index contributed by atoms with van der Waals surface area (Å²) in [5.74, 6) is 0.660. The third kappa shape index (κ3) is 2.39. The second-order valence-corrected chi connectivity index (χ2v) is 9.24. The van der Waals surface area contributed by atoms with Gasteiger partial charge in [-0.3, -0.25) is 9.59 Å². The molecule has 0 aromatic carbocycles. The number of fused-ring (bicyclic) bond motifs is 5. The van der Waals surface area contributed by atoms with Crippen LogP contribution >= 0.6 is 0 Å². The van der Waals surface area contributed by atoms with Crippen molar-refractivity contribution in [1.82, 2.24) is 0 Å². The summed E-state index contributed by atoms with van der Waals surface area (Å²) in [6, 6.07) is 0. The molecule has 4 rings (SSSR count). The Labute approximate surface area is 154 Å². The molecule has 0 bridgehead atoms. The summed E-state index contributed by atoms with van der Waals surface area (Å²) in [4.78, 5) is 24.5. The summed E-state index contributed by atoms with van der Waals surface area (Å²) in [7, 11) is 0. The molecule has 0 heterocycles. The zero-order valence-electron chi connectivity index (χ0n) is 16.0. The maximum atomic E-state index is 13.1. The smallest absolute Gasteiger partial charge is 0.302 e. The Morgan fingerprint density at radius 3 is 2.58 bits per heavy atom. The minimum atomic E-state index is -0.241. The normalized spacial score (nSPS) is 46.2. The predicted octanol–water partition coefficient (Wildman–Crippen LogP) is 3.89. The molecule has 0 amide bonds. The number of ketones is 1. The number of allylic oxidation sites excluding steroid dienone is 1. The molecule has 0 aromatic rings. The van der Waals surface area contributed by atoms with Gasteiger partial charge >= 0.3 is 5.97 Å². The lowest BCUT2D eigenvalue weighted by Crippen LogP contribution is -2.53. The van der Waals surface area contributed by atoms with E-state index in [1.807, 2.05) is 6.08 Å². The van der Waals surface area contributed by atoms with Gasteiger partial charge in [0.25, 0.3) is 0 Å². The number of rotatable bonds is 1. The molecule has 6 atom stereocenters. The highest BCUT2D eigenvalue weighted by molar-refractivity contribution is 5.98. The zero-order valence-corrected chi connectivity index (χ0v) is 16.0. The Kier molecular flexibility index (Phi) is 4.05. The molecule has 5 nitrogen and oxygen atoms in total. The van der Waals surface area contributed by atoms with Gasteiger partial charge in [0.2, 0.25) is 0 Å². The minimum absolute atomic E-state index is 0.0235. The third-order valence-electron chi connectivity index (χ3n) is 8.09. The molecule has 142 valence electrons. The van der Waals surface area contributed by atoms with Gasteiger partial charge in [0.1, 0.15) is 6.10 Å². The molecule has 4 aliphatic carbocycles. The molecule has 0 unspecified atom stereocenters. The fraction of sp³-hybridized carbons (Fsp3) is 0.762. The van der Waals surface area contributed by atoms with Gasteiger partial charge in [0, 0.05) is 24.7 Å². The van der Waals surface area contributed by atoms with Crippen LogP contribution in [-0.2, 0) is 14.3 Å². The molecule has 3 saturated carbocycles. The monoisotopic (exact) mass is 359 g/mol. The van der Waals surface area contributed by atoms with Gasteiger partial charge in [-0.1, -0.05) is 24.6 Å².